The molecule has 8 atom stereocenters. The lowest BCUT2D eigenvalue weighted by atomic mass is 9.46. The van der Waals surface area contributed by atoms with E-state index in [9.17, 15) is 5.11 Å². The van der Waals surface area contributed by atoms with Gasteiger partial charge in [0.2, 0.25) is 0 Å². The average molecular weight is 427 g/mol. The van der Waals surface area contributed by atoms with Gasteiger partial charge in [-0.05, 0) is 103 Å². The molecule has 0 aromatic carbocycles. The van der Waals surface area contributed by atoms with Crippen LogP contribution in [0, 0.1) is 51.8 Å². The molecule has 0 spiro atoms. The Hall–Kier alpha value is -0.560. The SMILES string of the molecule is CC(C)[C@@H](C)C=C[C@@H](C)[C@H]1CC[C@@H]2C3=C(CC[C@@]21C)[C@@]1(C)CC[C@H](O)C(C)(C)[C@@H]1CC3. The number of rotatable bonds is 4. The second kappa shape index (κ2) is 8.03. The van der Waals surface area contributed by atoms with Gasteiger partial charge >= 0.3 is 0 Å². The summed E-state index contributed by atoms with van der Waals surface area (Å²) in [7, 11) is 0. The normalized spacial score (nSPS) is 44.2. The van der Waals surface area contributed by atoms with E-state index in [4.69, 9.17) is 0 Å². The highest BCUT2D eigenvalue weighted by Gasteiger charge is 2.58. The Labute approximate surface area is 193 Å². The predicted octanol–water partition coefficient (Wildman–Crippen LogP) is 8.19. The van der Waals surface area contributed by atoms with Gasteiger partial charge in [-0.25, -0.2) is 0 Å². The molecule has 0 saturated heterocycles. The Morgan fingerprint density at radius 2 is 1.58 bits per heavy atom. The monoisotopic (exact) mass is 426 g/mol. The number of aliphatic hydroxyl groups is 1. The van der Waals surface area contributed by atoms with E-state index in [2.05, 4.69) is 67.5 Å². The van der Waals surface area contributed by atoms with Gasteiger partial charge in [-0.2, -0.15) is 0 Å². The second-order valence-electron chi connectivity index (χ2n) is 13.5. The van der Waals surface area contributed by atoms with E-state index in [0.29, 0.717) is 28.6 Å². The highest BCUT2D eigenvalue weighted by Crippen LogP contribution is 2.67. The van der Waals surface area contributed by atoms with E-state index in [1.807, 2.05) is 11.1 Å². The summed E-state index contributed by atoms with van der Waals surface area (Å²) in [6.07, 6.45) is 15.2. The van der Waals surface area contributed by atoms with Gasteiger partial charge in [-0.15, -0.1) is 0 Å². The van der Waals surface area contributed by atoms with Crippen molar-refractivity contribution in [3.8, 4) is 0 Å². The van der Waals surface area contributed by atoms with Crippen molar-refractivity contribution in [3.05, 3.63) is 23.3 Å². The minimum atomic E-state index is -0.127. The van der Waals surface area contributed by atoms with Gasteiger partial charge in [0, 0.05) is 0 Å². The number of fused-ring (bicyclic) bond motifs is 4. The minimum Gasteiger partial charge on any atom is -0.393 e. The summed E-state index contributed by atoms with van der Waals surface area (Å²) in [6, 6.07) is 0. The first-order valence-corrected chi connectivity index (χ1v) is 13.5. The number of aliphatic hydroxyl groups excluding tert-OH is 1. The minimum absolute atomic E-state index is 0.0525. The standard InChI is InChI=1S/C30H50O/c1-19(2)20(3)9-10-21(4)23-12-13-24-22-11-14-26-28(5,6)27(31)16-18-30(26,8)25(22)15-17-29(23,24)7/h9-10,19-21,23-24,26-27,31H,11-18H2,1-8H3/t20-,21+,23+,24+,26-,27-,29+,30+/m0/s1. The lowest BCUT2D eigenvalue weighted by Crippen LogP contribution is -2.53. The van der Waals surface area contributed by atoms with Crippen molar-refractivity contribution in [1.82, 2.24) is 0 Å². The van der Waals surface area contributed by atoms with Crippen LogP contribution in [0.25, 0.3) is 0 Å². The summed E-state index contributed by atoms with van der Waals surface area (Å²) in [5.41, 5.74) is 4.60. The van der Waals surface area contributed by atoms with Crippen LogP contribution in [0.15, 0.2) is 23.3 Å². The van der Waals surface area contributed by atoms with Crippen LogP contribution >= 0.6 is 0 Å². The zero-order chi connectivity index (χ0) is 22.8. The zero-order valence-corrected chi connectivity index (χ0v) is 21.8. The van der Waals surface area contributed by atoms with Crippen LogP contribution in [0.4, 0.5) is 0 Å². The van der Waals surface area contributed by atoms with Gasteiger partial charge in [0.25, 0.3) is 0 Å². The van der Waals surface area contributed by atoms with Gasteiger partial charge in [-0.1, -0.05) is 78.7 Å². The third-order valence-electron chi connectivity index (χ3n) is 11.4. The molecule has 4 aliphatic rings. The fourth-order valence-electron chi connectivity index (χ4n) is 8.90. The number of allylic oxidation sites excluding steroid dienone is 4. The highest BCUT2D eigenvalue weighted by molar-refractivity contribution is 5.35. The maximum absolute atomic E-state index is 10.8. The maximum Gasteiger partial charge on any atom is 0.0594 e. The van der Waals surface area contributed by atoms with Crippen molar-refractivity contribution in [1.29, 1.82) is 0 Å². The molecule has 1 N–H and O–H groups in total. The first-order chi connectivity index (χ1) is 14.4. The Morgan fingerprint density at radius 1 is 0.871 bits per heavy atom. The van der Waals surface area contributed by atoms with Crippen LogP contribution in [-0.4, -0.2) is 11.2 Å². The molecule has 176 valence electrons. The largest absolute Gasteiger partial charge is 0.393 e. The van der Waals surface area contributed by atoms with E-state index in [0.717, 1.165) is 24.2 Å². The molecule has 1 nitrogen and oxygen atoms in total. The molecule has 0 heterocycles. The van der Waals surface area contributed by atoms with Crippen molar-refractivity contribution < 1.29 is 5.11 Å². The molecule has 2 saturated carbocycles. The van der Waals surface area contributed by atoms with E-state index >= 15 is 0 Å². The Morgan fingerprint density at radius 3 is 2.26 bits per heavy atom. The molecule has 4 rings (SSSR count). The summed E-state index contributed by atoms with van der Waals surface area (Å²) in [6.45, 7) is 19.5. The highest BCUT2D eigenvalue weighted by atomic mass is 16.3. The van der Waals surface area contributed by atoms with Crippen LogP contribution in [0.5, 0.6) is 0 Å². The molecule has 31 heavy (non-hydrogen) atoms. The Kier molecular flexibility index (Phi) is 6.11. The smallest absolute Gasteiger partial charge is 0.0594 e. The van der Waals surface area contributed by atoms with Crippen molar-refractivity contribution in [2.75, 3.05) is 0 Å². The van der Waals surface area contributed by atoms with Crippen molar-refractivity contribution in [2.24, 2.45) is 51.8 Å². The molecule has 0 aromatic rings. The molecule has 2 fully saturated rings. The quantitative estimate of drug-likeness (QED) is 0.449. The molecule has 0 aromatic heterocycles. The van der Waals surface area contributed by atoms with Crippen LogP contribution < -0.4 is 0 Å². The second-order valence-corrected chi connectivity index (χ2v) is 13.5. The first-order valence-electron chi connectivity index (χ1n) is 13.5. The van der Waals surface area contributed by atoms with Gasteiger partial charge in [-0.3, -0.25) is 0 Å². The number of hydrogen-bond acceptors (Lipinski definition) is 1. The van der Waals surface area contributed by atoms with Crippen LogP contribution in [0.2, 0.25) is 0 Å². The maximum atomic E-state index is 10.8. The van der Waals surface area contributed by atoms with Crippen LogP contribution in [-0.2, 0) is 0 Å². The zero-order valence-electron chi connectivity index (χ0n) is 21.8. The van der Waals surface area contributed by atoms with Gasteiger partial charge in [0.1, 0.15) is 0 Å². The van der Waals surface area contributed by atoms with Crippen LogP contribution in [0.3, 0.4) is 0 Å². The first kappa shape index (κ1) is 23.6. The topological polar surface area (TPSA) is 20.2 Å². The fourth-order valence-corrected chi connectivity index (χ4v) is 8.90. The van der Waals surface area contributed by atoms with Gasteiger partial charge in [0.15, 0.2) is 0 Å². The fraction of sp³-hybridized carbons (Fsp3) is 0.867. The summed E-state index contributed by atoms with van der Waals surface area (Å²) in [5, 5.41) is 10.8. The third-order valence-corrected chi connectivity index (χ3v) is 11.4. The Balaban J connectivity index is 1.60. The lowest BCUT2D eigenvalue weighted by molar-refractivity contribution is -0.0930. The Bertz CT molecular complexity index is 742. The van der Waals surface area contributed by atoms with E-state index in [1.165, 1.54) is 44.9 Å². The number of hydrogen-bond donors (Lipinski definition) is 1. The van der Waals surface area contributed by atoms with E-state index < -0.39 is 0 Å². The average Bonchev–Trinajstić information content (AvgIpc) is 3.06. The van der Waals surface area contributed by atoms with E-state index in [-0.39, 0.29) is 11.5 Å². The summed E-state index contributed by atoms with van der Waals surface area (Å²) in [5.74, 6) is 4.38. The summed E-state index contributed by atoms with van der Waals surface area (Å²) >= 11 is 0. The summed E-state index contributed by atoms with van der Waals surface area (Å²) in [4.78, 5) is 0. The third kappa shape index (κ3) is 3.60. The molecule has 1 heteroatoms. The lowest BCUT2D eigenvalue weighted by Gasteiger charge is -2.60. The molecule has 0 unspecified atom stereocenters. The van der Waals surface area contributed by atoms with Crippen molar-refractivity contribution in [2.45, 2.75) is 113 Å². The predicted molar refractivity (Wildman–Crippen MR) is 133 cm³/mol. The summed E-state index contributed by atoms with van der Waals surface area (Å²) < 4.78 is 0. The van der Waals surface area contributed by atoms with Gasteiger partial charge < -0.3 is 5.11 Å². The molecule has 0 bridgehead atoms. The molecular formula is C30H50O. The van der Waals surface area contributed by atoms with Crippen LogP contribution in [0.1, 0.15) is 107 Å². The van der Waals surface area contributed by atoms with Gasteiger partial charge in [0.05, 0.1) is 6.10 Å². The molecule has 0 aliphatic heterocycles. The van der Waals surface area contributed by atoms with Crippen molar-refractivity contribution in [3.63, 3.8) is 0 Å². The molecule has 0 amide bonds. The van der Waals surface area contributed by atoms with Crippen molar-refractivity contribution >= 4 is 0 Å². The molecular weight excluding hydrogens is 376 g/mol. The molecule has 0 radical (unpaired) electrons. The molecule has 4 aliphatic carbocycles. The van der Waals surface area contributed by atoms with E-state index in [1.54, 1.807) is 0 Å².